The summed E-state index contributed by atoms with van der Waals surface area (Å²) >= 11 is 3.19. The Morgan fingerprint density at radius 2 is 2.20 bits per heavy atom. The Morgan fingerprint density at radius 3 is 2.96 bits per heavy atom. The van der Waals surface area contributed by atoms with E-state index >= 15 is 0 Å². The van der Waals surface area contributed by atoms with Crippen LogP contribution < -0.4 is 5.32 Å². The Hall–Kier alpha value is -2.25. The number of carbonyl (C=O) groups excluding carboxylic acids is 1. The number of amides is 1. The van der Waals surface area contributed by atoms with Crippen molar-refractivity contribution >= 4 is 38.6 Å². The van der Waals surface area contributed by atoms with E-state index in [1.54, 1.807) is 12.1 Å². The van der Waals surface area contributed by atoms with Crippen LogP contribution in [0.4, 0.5) is 10.1 Å². The van der Waals surface area contributed by atoms with Gasteiger partial charge in [0.05, 0.1) is 11.0 Å². The minimum atomic E-state index is -0.468. The standard InChI is InChI=1S/C18H15BrFN3O2/c19-11-6-10(7-12(20)8-11)18(24)21-13-3-4-14-15(9-13)23-17(22-14)16-2-1-5-25-16/h3-4,6-9,16H,1-2,5H2,(H,21,24)(H,22,23). The molecule has 1 aliphatic heterocycles. The summed E-state index contributed by atoms with van der Waals surface area (Å²) in [6, 6.07) is 9.50. The van der Waals surface area contributed by atoms with Crippen molar-refractivity contribution in [2.45, 2.75) is 18.9 Å². The molecule has 1 atom stereocenters. The number of carbonyl (C=O) groups is 1. The first-order valence-electron chi connectivity index (χ1n) is 7.97. The molecule has 1 unspecified atom stereocenters. The van der Waals surface area contributed by atoms with Gasteiger partial charge in [-0.1, -0.05) is 15.9 Å². The highest BCUT2D eigenvalue weighted by atomic mass is 79.9. The number of hydrogen-bond acceptors (Lipinski definition) is 3. The highest BCUT2D eigenvalue weighted by molar-refractivity contribution is 9.10. The van der Waals surface area contributed by atoms with Gasteiger partial charge in [-0.3, -0.25) is 4.79 Å². The maximum Gasteiger partial charge on any atom is 0.255 e. The van der Waals surface area contributed by atoms with E-state index in [0.29, 0.717) is 10.2 Å². The van der Waals surface area contributed by atoms with Crippen molar-refractivity contribution in [1.82, 2.24) is 9.97 Å². The van der Waals surface area contributed by atoms with Crippen LogP contribution in [0.2, 0.25) is 0 Å². The Labute approximate surface area is 151 Å². The SMILES string of the molecule is O=C(Nc1ccc2nc(C3CCCO3)[nH]c2c1)c1cc(F)cc(Br)c1. The fraction of sp³-hybridized carbons (Fsp3) is 0.222. The number of aromatic amines is 1. The maximum absolute atomic E-state index is 13.5. The number of aromatic nitrogens is 2. The minimum Gasteiger partial charge on any atom is -0.370 e. The van der Waals surface area contributed by atoms with E-state index in [9.17, 15) is 9.18 Å². The summed E-state index contributed by atoms with van der Waals surface area (Å²) in [6.07, 6.45) is 2.00. The van der Waals surface area contributed by atoms with Gasteiger partial charge in [0.1, 0.15) is 17.7 Å². The molecule has 5 nitrogen and oxygen atoms in total. The lowest BCUT2D eigenvalue weighted by atomic mass is 10.2. The third kappa shape index (κ3) is 3.43. The van der Waals surface area contributed by atoms with Gasteiger partial charge < -0.3 is 15.0 Å². The molecule has 1 fully saturated rings. The number of fused-ring (bicyclic) bond motifs is 1. The Bertz CT molecular complexity index is 930. The van der Waals surface area contributed by atoms with E-state index < -0.39 is 5.82 Å². The predicted octanol–water partition coefficient (Wildman–Crippen LogP) is 4.57. The number of nitrogens with zero attached hydrogens (tertiary/aromatic N) is 1. The molecule has 2 aromatic carbocycles. The lowest BCUT2D eigenvalue weighted by Gasteiger charge is -2.06. The molecule has 128 valence electrons. The fourth-order valence-corrected chi connectivity index (χ4v) is 3.41. The van der Waals surface area contributed by atoms with Gasteiger partial charge in [0.2, 0.25) is 0 Å². The van der Waals surface area contributed by atoms with Crippen LogP contribution in [-0.2, 0) is 4.74 Å². The predicted molar refractivity (Wildman–Crippen MR) is 96.1 cm³/mol. The van der Waals surface area contributed by atoms with E-state index in [0.717, 1.165) is 36.3 Å². The monoisotopic (exact) mass is 403 g/mol. The smallest absolute Gasteiger partial charge is 0.255 e. The van der Waals surface area contributed by atoms with E-state index in [2.05, 4.69) is 31.2 Å². The van der Waals surface area contributed by atoms with Gasteiger partial charge >= 0.3 is 0 Å². The molecule has 4 rings (SSSR count). The van der Waals surface area contributed by atoms with E-state index in [-0.39, 0.29) is 17.6 Å². The van der Waals surface area contributed by atoms with Crippen LogP contribution >= 0.6 is 15.9 Å². The summed E-state index contributed by atoms with van der Waals surface area (Å²) in [7, 11) is 0. The number of imidazole rings is 1. The van der Waals surface area contributed by atoms with Gasteiger partial charge in [0.25, 0.3) is 5.91 Å². The number of H-pyrrole nitrogens is 1. The molecule has 7 heteroatoms. The van der Waals surface area contributed by atoms with E-state index in [1.807, 2.05) is 12.1 Å². The first-order chi connectivity index (χ1) is 12.1. The van der Waals surface area contributed by atoms with Crippen LogP contribution in [0.5, 0.6) is 0 Å². The summed E-state index contributed by atoms with van der Waals surface area (Å²) in [5, 5.41) is 2.78. The number of nitrogens with one attached hydrogen (secondary N) is 2. The molecule has 0 saturated carbocycles. The Balaban J connectivity index is 1.57. The molecule has 0 aliphatic carbocycles. The second-order valence-corrected chi connectivity index (χ2v) is 6.88. The Kier molecular flexibility index (Phi) is 4.27. The molecule has 2 N–H and O–H groups in total. The molecule has 25 heavy (non-hydrogen) atoms. The molecule has 1 saturated heterocycles. The number of rotatable bonds is 3. The quantitative estimate of drug-likeness (QED) is 0.672. The van der Waals surface area contributed by atoms with Crippen LogP contribution in [0.3, 0.4) is 0 Å². The molecule has 3 aromatic rings. The topological polar surface area (TPSA) is 67.0 Å². The van der Waals surface area contributed by atoms with Crippen LogP contribution in [0.1, 0.15) is 35.1 Å². The third-order valence-corrected chi connectivity index (χ3v) is 4.58. The lowest BCUT2D eigenvalue weighted by molar-refractivity contribution is 0.102. The Morgan fingerprint density at radius 1 is 1.32 bits per heavy atom. The molecular formula is C18H15BrFN3O2. The summed E-state index contributed by atoms with van der Waals surface area (Å²) in [4.78, 5) is 20.1. The zero-order valence-electron chi connectivity index (χ0n) is 13.2. The van der Waals surface area contributed by atoms with Gasteiger partial charge in [-0.2, -0.15) is 0 Å². The lowest BCUT2D eigenvalue weighted by Crippen LogP contribution is -2.12. The molecule has 2 heterocycles. The van der Waals surface area contributed by atoms with Crippen molar-refractivity contribution < 1.29 is 13.9 Å². The zero-order chi connectivity index (χ0) is 17.4. The third-order valence-electron chi connectivity index (χ3n) is 4.12. The van der Waals surface area contributed by atoms with Crippen LogP contribution in [0.15, 0.2) is 40.9 Å². The van der Waals surface area contributed by atoms with Crippen molar-refractivity contribution in [2.75, 3.05) is 11.9 Å². The average Bonchev–Trinajstić information content (AvgIpc) is 3.22. The first-order valence-corrected chi connectivity index (χ1v) is 8.76. The summed E-state index contributed by atoms with van der Waals surface area (Å²) in [6.45, 7) is 0.756. The first kappa shape index (κ1) is 16.2. The average molecular weight is 404 g/mol. The highest BCUT2D eigenvalue weighted by Gasteiger charge is 2.21. The van der Waals surface area contributed by atoms with Crippen LogP contribution in [0, 0.1) is 5.82 Å². The summed E-state index contributed by atoms with van der Waals surface area (Å²) in [5.41, 5.74) is 2.50. The maximum atomic E-state index is 13.5. The van der Waals surface area contributed by atoms with Gasteiger partial charge in [0, 0.05) is 22.3 Å². The normalized spacial score (nSPS) is 17.1. The van der Waals surface area contributed by atoms with Gasteiger partial charge in [-0.15, -0.1) is 0 Å². The molecule has 0 radical (unpaired) electrons. The molecule has 1 amide bonds. The molecule has 1 aromatic heterocycles. The van der Waals surface area contributed by atoms with Crippen molar-refractivity contribution in [3.8, 4) is 0 Å². The molecule has 0 spiro atoms. The summed E-state index contributed by atoms with van der Waals surface area (Å²) in [5.74, 6) is -0.0341. The molecule has 0 bridgehead atoms. The number of hydrogen-bond donors (Lipinski definition) is 2. The van der Waals surface area contributed by atoms with E-state index in [4.69, 9.17) is 4.74 Å². The number of benzene rings is 2. The highest BCUT2D eigenvalue weighted by Crippen LogP contribution is 2.28. The van der Waals surface area contributed by atoms with Gasteiger partial charge in [-0.25, -0.2) is 9.37 Å². The summed E-state index contributed by atoms with van der Waals surface area (Å²) < 4.78 is 19.6. The second-order valence-electron chi connectivity index (χ2n) is 5.97. The van der Waals surface area contributed by atoms with Crippen LogP contribution in [-0.4, -0.2) is 22.5 Å². The van der Waals surface area contributed by atoms with Crippen molar-refractivity contribution in [3.05, 3.63) is 58.1 Å². The minimum absolute atomic E-state index is 0.00934. The number of ether oxygens (including phenoxy) is 1. The van der Waals surface area contributed by atoms with Gasteiger partial charge in [-0.05, 0) is 49.2 Å². The van der Waals surface area contributed by atoms with Gasteiger partial charge in [0.15, 0.2) is 0 Å². The number of anilines is 1. The molecule has 1 aliphatic rings. The largest absolute Gasteiger partial charge is 0.370 e. The number of halogens is 2. The fourth-order valence-electron chi connectivity index (χ4n) is 2.94. The van der Waals surface area contributed by atoms with Crippen molar-refractivity contribution in [3.63, 3.8) is 0 Å². The van der Waals surface area contributed by atoms with Crippen molar-refractivity contribution in [1.29, 1.82) is 0 Å². The molecular weight excluding hydrogens is 389 g/mol. The zero-order valence-corrected chi connectivity index (χ0v) is 14.8. The van der Waals surface area contributed by atoms with Crippen molar-refractivity contribution in [2.24, 2.45) is 0 Å². The second kappa shape index (κ2) is 6.57. The van der Waals surface area contributed by atoms with Crippen LogP contribution in [0.25, 0.3) is 11.0 Å². The van der Waals surface area contributed by atoms with E-state index in [1.165, 1.54) is 12.1 Å².